The molecule has 17 heavy (non-hydrogen) atoms. The van der Waals surface area contributed by atoms with Crippen LogP contribution in [0.1, 0.15) is 47.0 Å². The maximum absolute atomic E-state index is 11.8. The molecule has 1 aliphatic heterocycles. The molecule has 0 spiro atoms. The van der Waals surface area contributed by atoms with Crippen LogP contribution < -0.4 is 0 Å². The first-order valence-electron chi connectivity index (χ1n) is 6.59. The number of hydrogen-bond donors (Lipinski definition) is 0. The summed E-state index contributed by atoms with van der Waals surface area (Å²) in [7, 11) is 0. The molecule has 2 aliphatic rings. The zero-order valence-electron chi connectivity index (χ0n) is 11.3. The average molecular weight is 237 g/mol. The quantitative estimate of drug-likeness (QED) is 0.701. The number of likely N-dealkylation sites (tertiary alicyclic amines) is 1. The minimum atomic E-state index is -0.145. The number of carbonyl (C=O) groups is 2. The molecule has 0 unspecified atom stereocenters. The molecule has 1 amide bonds. The fourth-order valence-electron chi connectivity index (χ4n) is 3.81. The van der Waals surface area contributed by atoms with Crippen LogP contribution in [0, 0.1) is 17.3 Å². The maximum Gasteiger partial charge on any atom is 0.220 e. The Hall–Kier alpha value is -0.860. The monoisotopic (exact) mass is 237 g/mol. The van der Waals surface area contributed by atoms with Gasteiger partial charge in [-0.05, 0) is 43.4 Å². The summed E-state index contributed by atoms with van der Waals surface area (Å²) < 4.78 is 0. The molecule has 96 valence electrons. The number of nitrogens with zero attached hydrogens (tertiary/aromatic N) is 1. The molecule has 2 fully saturated rings. The van der Waals surface area contributed by atoms with Gasteiger partial charge >= 0.3 is 0 Å². The van der Waals surface area contributed by atoms with Gasteiger partial charge in [-0.1, -0.05) is 13.8 Å². The normalized spacial score (nSPS) is 35.5. The van der Waals surface area contributed by atoms with Gasteiger partial charge in [-0.2, -0.15) is 0 Å². The molecular weight excluding hydrogens is 214 g/mol. The molecule has 0 radical (unpaired) electrons. The van der Waals surface area contributed by atoms with Crippen LogP contribution in [0.15, 0.2) is 0 Å². The summed E-state index contributed by atoms with van der Waals surface area (Å²) in [6.07, 6.45) is 3.40. The van der Waals surface area contributed by atoms with Crippen LogP contribution in [-0.4, -0.2) is 29.2 Å². The number of ketones is 1. The fourth-order valence-corrected chi connectivity index (χ4v) is 3.81. The van der Waals surface area contributed by atoms with Crippen LogP contribution >= 0.6 is 0 Å². The Labute approximate surface area is 104 Å². The van der Waals surface area contributed by atoms with Crippen molar-refractivity contribution in [1.82, 2.24) is 4.90 Å². The van der Waals surface area contributed by atoms with E-state index in [1.165, 1.54) is 6.42 Å². The second-order valence-electron chi connectivity index (χ2n) is 6.56. The number of amides is 1. The molecule has 1 saturated carbocycles. The highest BCUT2D eigenvalue weighted by atomic mass is 16.2. The minimum Gasteiger partial charge on any atom is -0.332 e. The first-order valence-corrected chi connectivity index (χ1v) is 6.59. The number of fused-ring (bicyclic) bond motifs is 1. The highest BCUT2D eigenvalue weighted by Crippen LogP contribution is 2.47. The predicted molar refractivity (Wildman–Crippen MR) is 66.5 cm³/mol. The van der Waals surface area contributed by atoms with E-state index >= 15 is 0 Å². The lowest BCUT2D eigenvalue weighted by Crippen LogP contribution is -2.41. The van der Waals surface area contributed by atoms with Crippen LogP contribution in [0.4, 0.5) is 0 Å². The summed E-state index contributed by atoms with van der Waals surface area (Å²) in [4.78, 5) is 25.2. The summed E-state index contributed by atoms with van der Waals surface area (Å²) in [6.45, 7) is 8.58. The fraction of sp³-hybridized carbons (Fsp3) is 0.857. The highest BCUT2D eigenvalue weighted by Gasteiger charge is 2.48. The lowest BCUT2D eigenvalue weighted by atomic mass is 9.66. The van der Waals surface area contributed by atoms with Crippen LogP contribution in [0.5, 0.6) is 0 Å². The Balaban J connectivity index is 2.22. The molecule has 0 aromatic carbocycles. The average Bonchev–Trinajstić information content (AvgIpc) is 2.54. The van der Waals surface area contributed by atoms with Gasteiger partial charge in [0.1, 0.15) is 0 Å². The van der Waals surface area contributed by atoms with E-state index in [0.717, 1.165) is 19.4 Å². The standard InChI is InChI=1S/C14H23NO2/c1-9(16)13-12-5-6-14(3,4)7-11(12)8-15(13)10(2)17/h11-13H,5-8H2,1-4H3/t11-,12-,13+/m0/s1. The Kier molecular flexibility index (Phi) is 3.04. The van der Waals surface area contributed by atoms with Gasteiger partial charge in [-0.15, -0.1) is 0 Å². The zero-order valence-corrected chi connectivity index (χ0v) is 11.3. The molecule has 3 heteroatoms. The van der Waals surface area contributed by atoms with Gasteiger partial charge in [0, 0.05) is 13.5 Å². The van der Waals surface area contributed by atoms with E-state index in [-0.39, 0.29) is 17.7 Å². The predicted octanol–water partition coefficient (Wildman–Crippen LogP) is 2.25. The van der Waals surface area contributed by atoms with Gasteiger partial charge in [-0.25, -0.2) is 0 Å². The van der Waals surface area contributed by atoms with Crippen molar-refractivity contribution in [2.75, 3.05) is 6.54 Å². The van der Waals surface area contributed by atoms with Crippen LogP contribution in [0.3, 0.4) is 0 Å². The topological polar surface area (TPSA) is 37.4 Å². The van der Waals surface area contributed by atoms with Crippen LogP contribution in [0.25, 0.3) is 0 Å². The van der Waals surface area contributed by atoms with Crippen molar-refractivity contribution < 1.29 is 9.59 Å². The summed E-state index contributed by atoms with van der Waals surface area (Å²) in [5, 5.41) is 0. The van der Waals surface area contributed by atoms with Crippen molar-refractivity contribution in [3.05, 3.63) is 0 Å². The molecule has 3 nitrogen and oxygen atoms in total. The third-order valence-electron chi connectivity index (χ3n) is 4.57. The van der Waals surface area contributed by atoms with Crippen molar-refractivity contribution >= 4 is 11.7 Å². The largest absolute Gasteiger partial charge is 0.332 e. The van der Waals surface area contributed by atoms with E-state index < -0.39 is 0 Å². The van der Waals surface area contributed by atoms with Gasteiger partial charge in [0.2, 0.25) is 5.91 Å². The van der Waals surface area contributed by atoms with E-state index in [4.69, 9.17) is 0 Å². The number of rotatable bonds is 1. The lowest BCUT2D eigenvalue weighted by Gasteiger charge is -2.38. The zero-order chi connectivity index (χ0) is 12.8. The van der Waals surface area contributed by atoms with E-state index in [1.54, 1.807) is 18.7 Å². The van der Waals surface area contributed by atoms with E-state index in [1.807, 2.05) is 0 Å². The first-order chi connectivity index (χ1) is 7.82. The molecule has 0 bridgehead atoms. The molecule has 1 aliphatic carbocycles. The second-order valence-corrected chi connectivity index (χ2v) is 6.56. The van der Waals surface area contributed by atoms with Crippen molar-refractivity contribution in [2.24, 2.45) is 17.3 Å². The summed E-state index contributed by atoms with van der Waals surface area (Å²) in [5.41, 5.74) is 0.370. The highest BCUT2D eigenvalue weighted by molar-refractivity contribution is 5.87. The van der Waals surface area contributed by atoms with Crippen molar-refractivity contribution in [2.45, 2.75) is 53.0 Å². The summed E-state index contributed by atoms with van der Waals surface area (Å²) in [6, 6.07) is -0.145. The van der Waals surface area contributed by atoms with Crippen molar-refractivity contribution in [3.63, 3.8) is 0 Å². The second kappa shape index (κ2) is 4.11. The minimum absolute atomic E-state index is 0.0532. The smallest absolute Gasteiger partial charge is 0.220 e. The lowest BCUT2D eigenvalue weighted by molar-refractivity contribution is -0.136. The number of carbonyl (C=O) groups excluding carboxylic acids is 2. The van der Waals surface area contributed by atoms with E-state index in [2.05, 4.69) is 13.8 Å². The molecule has 0 N–H and O–H groups in total. The van der Waals surface area contributed by atoms with E-state index in [0.29, 0.717) is 17.3 Å². The SMILES string of the molecule is CC(=O)[C@@H]1[C@H]2CCC(C)(C)C[C@H]2CN1C(C)=O. The van der Waals surface area contributed by atoms with Gasteiger partial charge in [0.25, 0.3) is 0 Å². The molecule has 1 heterocycles. The Morgan fingerprint density at radius 3 is 2.41 bits per heavy atom. The summed E-state index contributed by atoms with van der Waals surface area (Å²) >= 11 is 0. The van der Waals surface area contributed by atoms with Crippen LogP contribution in [0.2, 0.25) is 0 Å². The van der Waals surface area contributed by atoms with Gasteiger partial charge in [0.05, 0.1) is 6.04 Å². The molecule has 1 saturated heterocycles. The van der Waals surface area contributed by atoms with Gasteiger partial charge in [-0.3, -0.25) is 9.59 Å². The van der Waals surface area contributed by atoms with Crippen molar-refractivity contribution in [1.29, 1.82) is 0 Å². The third kappa shape index (κ3) is 2.24. The first kappa shape index (κ1) is 12.6. The van der Waals surface area contributed by atoms with E-state index in [9.17, 15) is 9.59 Å². The molecule has 0 aromatic heterocycles. The third-order valence-corrected chi connectivity index (χ3v) is 4.57. The van der Waals surface area contributed by atoms with Gasteiger partial charge in [0.15, 0.2) is 5.78 Å². The molecule has 0 aromatic rings. The Morgan fingerprint density at radius 2 is 1.88 bits per heavy atom. The number of Topliss-reactive ketones (excluding diaryl/α,β-unsaturated/α-hetero) is 1. The Morgan fingerprint density at radius 1 is 1.24 bits per heavy atom. The molecular formula is C14H23NO2. The van der Waals surface area contributed by atoms with Crippen LogP contribution in [-0.2, 0) is 9.59 Å². The molecule has 2 rings (SSSR count). The Bertz CT molecular complexity index is 348. The number of hydrogen-bond acceptors (Lipinski definition) is 2. The maximum atomic E-state index is 11.8. The van der Waals surface area contributed by atoms with Crippen molar-refractivity contribution in [3.8, 4) is 0 Å². The molecule has 3 atom stereocenters. The van der Waals surface area contributed by atoms with Gasteiger partial charge < -0.3 is 4.90 Å². The summed E-state index contributed by atoms with van der Waals surface area (Å²) in [5.74, 6) is 1.14.